The molecule has 0 N–H and O–H groups in total. The highest BCUT2D eigenvalue weighted by atomic mass is 16.5. The van der Waals surface area contributed by atoms with Gasteiger partial charge in [-0.2, -0.15) is 0 Å². The molecule has 1 aliphatic heterocycles. The fraction of sp³-hybridized carbons (Fsp3) is 1.00. The minimum Gasteiger partial charge on any atom is -0.384 e. The van der Waals surface area contributed by atoms with E-state index in [2.05, 4.69) is 18.9 Å². The van der Waals surface area contributed by atoms with Crippen LogP contribution in [0.4, 0.5) is 0 Å². The van der Waals surface area contributed by atoms with E-state index in [9.17, 15) is 0 Å². The summed E-state index contributed by atoms with van der Waals surface area (Å²) in [5.74, 6) is 0.769. The highest BCUT2D eigenvalue weighted by Crippen LogP contribution is 2.20. The van der Waals surface area contributed by atoms with Gasteiger partial charge in [-0.3, -0.25) is 0 Å². The van der Waals surface area contributed by atoms with E-state index >= 15 is 0 Å². The molecule has 10 heavy (non-hydrogen) atoms. The van der Waals surface area contributed by atoms with Crippen LogP contribution in [-0.4, -0.2) is 38.3 Å². The molecule has 0 aromatic heterocycles. The first-order valence-corrected chi connectivity index (χ1v) is 3.93. The first-order chi connectivity index (χ1) is 4.74. The second-order valence-electron chi connectivity index (χ2n) is 3.35. The predicted molar refractivity (Wildman–Crippen MR) is 42.1 cm³/mol. The number of rotatable bonds is 2. The highest BCUT2D eigenvalue weighted by molar-refractivity contribution is 4.79. The van der Waals surface area contributed by atoms with Crippen LogP contribution in [0.3, 0.4) is 0 Å². The SMILES string of the molecule is COCC1C[C@@H](C)N(C)C1. The molecule has 1 heterocycles. The molecule has 0 aromatic rings. The Balaban J connectivity index is 2.27. The average Bonchev–Trinajstić information content (AvgIpc) is 2.14. The average molecular weight is 143 g/mol. The largest absolute Gasteiger partial charge is 0.384 e. The summed E-state index contributed by atoms with van der Waals surface area (Å²) in [6, 6.07) is 0.750. The normalized spacial score (nSPS) is 35.1. The third kappa shape index (κ3) is 1.70. The van der Waals surface area contributed by atoms with E-state index < -0.39 is 0 Å². The zero-order valence-corrected chi connectivity index (χ0v) is 7.13. The summed E-state index contributed by atoms with van der Waals surface area (Å²) >= 11 is 0. The first kappa shape index (κ1) is 8.02. The van der Waals surface area contributed by atoms with Crippen molar-refractivity contribution in [3.63, 3.8) is 0 Å². The molecule has 0 amide bonds. The fourth-order valence-electron chi connectivity index (χ4n) is 1.68. The number of hydrogen-bond acceptors (Lipinski definition) is 2. The Labute approximate surface area is 63.2 Å². The van der Waals surface area contributed by atoms with Crippen molar-refractivity contribution in [3.05, 3.63) is 0 Å². The van der Waals surface area contributed by atoms with Gasteiger partial charge in [-0.15, -0.1) is 0 Å². The van der Waals surface area contributed by atoms with Crippen molar-refractivity contribution in [2.75, 3.05) is 27.3 Å². The lowest BCUT2D eigenvalue weighted by molar-refractivity contribution is 0.155. The van der Waals surface area contributed by atoms with Crippen LogP contribution in [0.1, 0.15) is 13.3 Å². The van der Waals surface area contributed by atoms with E-state index in [1.54, 1.807) is 7.11 Å². The predicted octanol–water partition coefficient (Wildman–Crippen LogP) is 0.973. The van der Waals surface area contributed by atoms with E-state index in [-0.39, 0.29) is 0 Å². The maximum atomic E-state index is 5.10. The molecule has 0 spiro atoms. The second-order valence-corrected chi connectivity index (χ2v) is 3.35. The number of nitrogens with zero attached hydrogens (tertiary/aromatic N) is 1. The van der Waals surface area contributed by atoms with Crippen molar-refractivity contribution < 1.29 is 4.74 Å². The van der Waals surface area contributed by atoms with Crippen LogP contribution in [0.15, 0.2) is 0 Å². The second kappa shape index (κ2) is 3.35. The zero-order valence-electron chi connectivity index (χ0n) is 7.13. The highest BCUT2D eigenvalue weighted by Gasteiger charge is 2.25. The molecule has 0 bridgehead atoms. The molecule has 1 rings (SSSR count). The van der Waals surface area contributed by atoms with Gasteiger partial charge in [0.25, 0.3) is 0 Å². The summed E-state index contributed by atoms with van der Waals surface area (Å²) in [5.41, 5.74) is 0. The fourth-order valence-corrected chi connectivity index (χ4v) is 1.68. The van der Waals surface area contributed by atoms with Crippen molar-refractivity contribution in [3.8, 4) is 0 Å². The maximum Gasteiger partial charge on any atom is 0.0503 e. The van der Waals surface area contributed by atoms with Gasteiger partial charge in [0.15, 0.2) is 0 Å². The van der Waals surface area contributed by atoms with Crippen LogP contribution in [0, 0.1) is 5.92 Å². The van der Waals surface area contributed by atoms with Crippen molar-refractivity contribution >= 4 is 0 Å². The summed E-state index contributed by atoms with van der Waals surface area (Å²) in [7, 11) is 3.96. The van der Waals surface area contributed by atoms with E-state index in [4.69, 9.17) is 4.74 Å². The maximum absolute atomic E-state index is 5.10. The van der Waals surface area contributed by atoms with Gasteiger partial charge in [0.05, 0.1) is 6.61 Å². The molecule has 1 fully saturated rings. The molecule has 0 aliphatic carbocycles. The minimum absolute atomic E-state index is 0.750. The minimum atomic E-state index is 0.750. The molecular weight excluding hydrogens is 126 g/mol. The number of ether oxygens (including phenoxy) is 1. The van der Waals surface area contributed by atoms with E-state index in [1.165, 1.54) is 13.0 Å². The van der Waals surface area contributed by atoms with E-state index in [0.717, 1.165) is 18.6 Å². The molecule has 2 heteroatoms. The van der Waals surface area contributed by atoms with Crippen molar-refractivity contribution in [1.29, 1.82) is 0 Å². The Morgan fingerprint density at radius 1 is 1.60 bits per heavy atom. The lowest BCUT2D eigenvalue weighted by Crippen LogP contribution is -2.21. The first-order valence-electron chi connectivity index (χ1n) is 3.93. The monoisotopic (exact) mass is 143 g/mol. The number of hydrogen-bond donors (Lipinski definition) is 0. The molecule has 0 radical (unpaired) electrons. The smallest absolute Gasteiger partial charge is 0.0503 e. The van der Waals surface area contributed by atoms with Gasteiger partial charge in [0, 0.05) is 19.7 Å². The quantitative estimate of drug-likeness (QED) is 0.571. The standard InChI is InChI=1S/C8H17NO/c1-7-4-8(6-10-3)5-9(7)2/h7-8H,4-6H2,1-3H3/t7-,8?/m1/s1. The molecule has 2 atom stereocenters. The molecule has 0 saturated carbocycles. The van der Waals surface area contributed by atoms with Gasteiger partial charge in [-0.1, -0.05) is 0 Å². The van der Waals surface area contributed by atoms with Crippen LogP contribution in [0.2, 0.25) is 0 Å². The molecule has 2 nitrogen and oxygen atoms in total. The molecular formula is C8H17NO. The Morgan fingerprint density at radius 3 is 2.70 bits per heavy atom. The summed E-state index contributed by atoms with van der Waals surface area (Å²) in [6.45, 7) is 4.40. The van der Waals surface area contributed by atoms with Gasteiger partial charge in [-0.05, 0) is 26.3 Å². The lowest BCUT2D eigenvalue weighted by Gasteiger charge is -2.12. The Bertz CT molecular complexity index is 95.4. The van der Waals surface area contributed by atoms with Gasteiger partial charge >= 0.3 is 0 Å². The van der Waals surface area contributed by atoms with Gasteiger partial charge < -0.3 is 9.64 Å². The van der Waals surface area contributed by atoms with Gasteiger partial charge in [0.2, 0.25) is 0 Å². The Kier molecular flexibility index (Phi) is 2.69. The molecule has 60 valence electrons. The van der Waals surface area contributed by atoms with Crippen molar-refractivity contribution in [2.45, 2.75) is 19.4 Å². The van der Waals surface area contributed by atoms with Crippen molar-refractivity contribution in [2.24, 2.45) is 5.92 Å². The zero-order chi connectivity index (χ0) is 7.56. The number of methoxy groups -OCH3 is 1. The van der Waals surface area contributed by atoms with Crippen LogP contribution >= 0.6 is 0 Å². The third-order valence-electron chi connectivity index (χ3n) is 2.38. The summed E-state index contributed by atoms with van der Waals surface area (Å²) in [5, 5.41) is 0. The Morgan fingerprint density at radius 2 is 2.30 bits per heavy atom. The summed E-state index contributed by atoms with van der Waals surface area (Å²) in [6.07, 6.45) is 1.30. The summed E-state index contributed by atoms with van der Waals surface area (Å²) in [4.78, 5) is 2.39. The molecule has 1 aliphatic rings. The molecule has 0 aromatic carbocycles. The van der Waals surface area contributed by atoms with Gasteiger partial charge in [0.1, 0.15) is 0 Å². The van der Waals surface area contributed by atoms with E-state index in [1.807, 2.05) is 0 Å². The van der Waals surface area contributed by atoms with Crippen LogP contribution in [0.25, 0.3) is 0 Å². The molecule has 1 saturated heterocycles. The van der Waals surface area contributed by atoms with Crippen LogP contribution < -0.4 is 0 Å². The van der Waals surface area contributed by atoms with Crippen LogP contribution in [0.5, 0.6) is 0 Å². The Hall–Kier alpha value is -0.0800. The van der Waals surface area contributed by atoms with E-state index in [0.29, 0.717) is 0 Å². The molecule has 1 unspecified atom stereocenters. The topological polar surface area (TPSA) is 12.5 Å². The summed E-state index contributed by atoms with van der Waals surface area (Å²) < 4.78 is 5.10. The third-order valence-corrected chi connectivity index (χ3v) is 2.38. The lowest BCUT2D eigenvalue weighted by atomic mass is 10.1. The van der Waals surface area contributed by atoms with Crippen LogP contribution in [-0.2, 0) is 4.74 Å². The van der Waals surface area contributed by atoms with Crippen molar-refractivity contribution in [1.82, 2.24) is 4.90 Å². The number of likely N-dealkylation sites (tertiary alicyclic amines) is 1. The van der Waals surface area contributed by atoms with Gasteiger partial charge in [-0.25, -0.2) is 0 Å².